The summed E-state index contributed by atoms with van der Waals surface area (Å²) in [4.78, 5) is 11.3. The summed E-state index contributed by atoms with van der Waals surface area (Å²) in [5, 5.41) is 10.7. The topological polar surface area (TPSA) is 49.2 Å². The summed E-state index contributed by atoms with van der Waals surface area (Å²) < 4.78 is 0. The number of likely N-dealkylation sites (tertiary alicyclic amines) is 1. The first-order valence-corrected chi connectivity index (χ1v) is 8.74. The van der Waals surface area contributed by atoms with E-state index in [1.54, 1.807) is 0 Å². The molecule has 0 spiro atoms. The molecule has 0 radical (unpaired) electrons. The van der Waals surface area contributed by atoms with Gasteiger partial charge in [0, 0.05) is 18.2 Å². The number of rotatable bonds is 3. The molecule has 1 aromatic rings. The van der Waals surface area contributed by atoms with Gasteiger partial charge in [-0.25, -0.2) is 9.97 Å². The minimum atomic E-state index is -0.433. The molecular formula is C18H29N3O. The highest BCUT2D eigenvalue weighted by Gasteiger charge is 2.37. The quantitative estimate of drug-likeness (QED) is 0.933. The van der Waals surface area contributed by atoms with E-state index in [0.717, 1.165) is 51.1 Å². The molecule has 0 aromatic carbocycles. The summed E-state index contributed by atoms with van der Waals surface area (Å²) in [5.74, 6) is 0.859. The zero-order valence-electron chi connectivity index (χ0n) is 14.0. The fourth-order valence-corrected chi connectivity index (χ4v) is 4.04. The van der Waals surface area contributed by atoms with E-state index < -0.39 is 5.60 Å². The van der Waals surface area contributed by atoms with E-state index in [1.165, 1.54) is 25.0 Å². The molecule has 1 aliphatic carbocycles. The average Bonchev–Trinajstić information content (AvgIpc) is 2.50. The Morgan fingerprint density at radius 3 is 2.45 bits per heavy atom. The lowest BCUT2D eigenvalue weighted by Crippen LogP contribution is -2.49. The van der Waals surface area contributed by atoms with E-state index in [1.807, 2.05) is 13.1 Å². The lowest BCUT2D eigenvalue weighted by atomic mass is 9.76. The Balaban J connectivity index is 1.60. The first-order valence-electron chi connectivity index (χ1n) is 8.74. The zero-order valence-corrected chi connectivity index (χ0v) is 14.0. The minimum absolute atomic E-state index is 0.152. The van der Waals surface area contributed by atoms with Gasteiger partial charge in [0.05, 0.1) is 11.3 Å². The zero-order chi connectivity index (χ0) is 15.6. The van der Waals surface area contributed by atoms with Gasteiger partial charge in [0.2, 0.25) is 0 Å². The van der Waals surface area contributed by atoms with Crippen molar-refractivity contribution in [3.8, 4) is 0 Å². The summed E-state index contributed by atoms with van der Waals surface area (Å²) >= 11 is 0. The molecule has 4 heteroatoms. The Morgan fingerprint density at radius 2 is 1.82 bits per heavy atom. The summed E-state index contributed by atoms with van der Waals surface area (Å²) in [6.07, 6.45) is 9.70. The number of hydrogen-bond acceptors (Lipinski definition) is 4. The Morgan fingerprint density at radius 1 is 1.14 bits per heavy atom. The second kappa shape index (κ2) is 6.25. The van der Waals surface area contributed by atoms with Crippen molar-refractivity contribution in [2.24, 2.45) is 0 Å². The molecule has 0 unspecified atom stereocenters. The molecule has 0 atom stereocenters. The molecule has 22 heavy (non-hydrogen) atoms. The number of hydrogen-bond donors (Lipinski definition) is 1. The highest BCUT2D eigenvalue weighted by Crippen LogP contribution is 2.35. The van der Waals surface area contributed by atoms with E-state index in [4.69, 9.17) is 0 Å². The maximum atomic E-state index is 10.7. The van der Waals surface area contributed by atoms with Crippen LogP contribution in [0.5, 0.6) is 0 Å². The normalized spacial score (nSPS) is 25.0. The lowest BCUT2D eigenvalue weighted by molar-refractivity contribution is -0.0339. The van der Waals surface area contributed by atoms with Crippen molar-refractivity contribution in [1.29, 1.82) is 0 Å². The number of β-amino-alcohol motifs (C(OH)–C–C–N with tert-alkyl or cyclic N) is 1. The molecular weight excluding hydrogens is 274 g/mol. The Bertz CT molecular complexity index is 503. The van der Waals surface area contributed by atoms with Crippen LogP contribution in [-0.4, -0.2) is 45.2 Å². The van der Waals surface area contributed by atoms with E-state index in [9.17, 15) is 5.11 Å². The third kappa shape index (κ3) is 3.49. The highest BCUT2D eigenvalue weighted by atomic mass is 16.3. The Labute approximate surface area is 134 Å². The second-order valence-corrected chi connectivity index (χ2v) is 7.61. The van der Waals surface area contributed by atoms with Gasteiger partial charge in [0.15, 0.2) is 0 Å². The predicted molar refractivity (Wildman–Crippen MR) is 87.8 cm³/mol. The number of piperidine rings is 1. The van der Waals surface area contributed by atoms with Crippen LogP contribution in [0.1, 0.15) is 63.4 Å². The highest BCUT2D eigenvalue weighted by molar-refractivity contribution is 5.16. The van der Waals surface area contributed by atoms with Gasteiger partial charge in [-0.15, -0.1) is 0 Å². The van der Waals surface area contributed by atoms with Crippen LogP contribution in [-0.2, 0) is 5.41 Å². The van der Waals surface area contributed by atoms with Crippen LogP contribution in [0.2, 0.25) is 0 Å². The molecule has 1 saturated heterocycles. The van der Waals surface area contributed by atoms with Crippen molar-refractivity contribution in [2.45, 2.75) is 69.8 Å². The standard InChI is InChI=1S/C18H29N3O/c1-15-19-11-6-16(20-15)17(2)9-12-21(13-10-17)14-18(22)7-4-3-5-8-18/h6,11,22H,3-5,7-10,12-14H2,1-2H3. The summed E-state index contributed by atoms with van der Waals surface area (Å²) in [7, 11) is 0. The second-order valence-electron chi connectivity index (χ2n) is 7.61. The molecule has 1 aromatic heterocycles. The SMILES string of the molecule is Cc1nccc(C2(C)CCN(CC3(O)CCCCC3)CC2)n1. The predicted octanol–water partition coefficient (Wildman–Crippen LogP) is 2.83. The van der Waals surface area contributed by atoms with Crippen molar-refractivity contribution in [3.05, 3.63) is 23.8 Å². The van der Waals surface area contributed by atoms with Crippen LogP contribution in [0.4, 0.5) is 0 Å². The van der Waals surface area contributed by atoms with Crippen molar-refractivity contribution in [3.63, 3.8) is 0 Å². The van der Waals surface area contributed by atoms with Gasteiger partial charge < -0.3 is 10.0 Å². The first-order chi connectivity index (χ1) is 10.5. The molecule has 2 fully saturated rings. The molecule has 2 aliphatic rings. The fraction of sp³-hybridized carbons (Fsp3) is 0.778. The maximum absolute atomic E-state index is 10.7. The number of nitrogens with zero attached hydrogens (tertiary/aromatic N) is 3. The summed E-state index contributed by atoms with van der Waals surface area (Å²) in [6.45, 7) is 7.25. The van der Waals surface area contributed by atoms with E-state index >= 15 is 0 Å². The van der Waals surface area contributed by atoms with E-state index in [2.05, 4.69) is 27.9 Å². The maximum Gasteiger partial charge on any atom is 0.125 e. The van der Waals surface area contributed by atoms with Gasteiger partial charge >= 0.3 is 0 Å². The average molecular weight is 303 g/mol. The minimum Gasteiger partial charge on any atom is -0.389 e. The summed E-state index contributed by atoms with van der Waals surface area (Å²) in [6, 6.07) is 2.07. The van der Waals surface area contributed by atoms with Gasteiger partial charge in [-0.2, -0.15) is 0 Å². The van der Waals surface area contributed by atoms with Crippen molar-refractivity contribution in [2.75, 3.05) is 19.6 Å². The third-order valence-corrected chi connectivity index (χ3v) is 5.66. The van der Waals surface area contributed by atoms with Crippen LogP contribution in [0.3, 0.4) is 0 Å². The molecule has 0 amide bonds. The first kappa shape index (κ1) is 15.9. The van der Waals surface area contributed by atoms with Crippen molar-refractivity contribution >= 4 is 0 Å². The number of aryl methyl sites for hydroxylation is 1. The fourth-order valence-electron chi connectivity index (χ4n) is 4.04. The Kier molecular flexibility index (Phi) is 4.51. The third-order valence-electron chi connectivity index (χ3n) is 5.66. The van der Waals surface area contributed by atoms with Crippen LogP contribution in [0.15, 0.2) is 12.3 Å². The van der Waals surface area contributed by atoms with Crippen LogP contribution in [0, 0.1) is 6.92 Å². The van der Waals surface area contributed by atoms with Crippen molar-refractivity contribution < 1.29 is 5.11 Å². The Hall–Kier alpha value is -1.00. The van der Waals surface area contributed by atoms with Gasteiger partial charge in [0.1, 0.15) is 5.82 Å². The molecule has 0 bridgehead atoms. The number of aliphatic hydroxyl groups is 1. The molecule has 3 rings (SSSR count). The smallest absolute Gasteiger partial charge is 0.125 e. The molecule has 1 saturated carbocycles. The lowest BCUT2D eigenvalue weighted by Gasteiger charge is -2.43. The van der Waals surface area contributed by atoms with Gasteiger partial charge in [-0.05, 0) is 51.8 Å². The number of aromatic nitrogens is 2. The molecule has 4 nitrogen and oxygen atoms in total. The van der Waals surface area contributed by atoms with Crippen LogP contribution in [0.25, 0.3) is 0 Å². The van der Waals surface area contributed by atoms with Crippen LogP contribution >= 0.6 is 0 Å². The molecule has 1 N–H and O–H groups in total. The monoisotopic (exact) mass is 303 g/mol. The van der Waals surface area contributed by atoms with E-state index in [-0.39, 0.29) is 5.41 Å². The largest absolute Gasteiger partial charge is 0.389 e. The van der Waals surface area contributed by atoms with Gasteiger partial charge in [0.25, 0.3) is 0 Å². The molecule has 2 heterocycles. The van der Waals surface area contributed by atoms with Gasteiger partial charge in [-0.3, -0.25) is 0 Å². The summed E-state index contributed by atoms with van der Waals surface area (Å²) in [5.41, 5.74) is 0.896. The molecule has 1 aliphatic heterocycles. The van der Waals surface area contributed by atoms with Crippen LogP contribution < -0.4 is 0 Å². The van der Waals surface area contributed by atoms with E-state index in [0.29, 0.717) is 0 Å². The van der Waals surface area contributed by atoms with Gasteiger partial charge in [-0.1, -0.05) is 26.2 Å². The van der Waals surface area contributed by atoms with Crippen molar-refractivity contribution in [1.82, 2.24) is 14.9 Å². The molecule has 122 valence electrons.